The van der Waals surface area contributed by atoms with Gasteiger partial charge in [-0.15, -0.1) is 0 Å². The molecule has 106 valence electrons. The van der Waals surface area contributed by atoms with Gasteiger partial charge in [0.25, 0.3) is 0 Å². The van der Waals surface area contributed by atoms with E-state index in [1.54, 1.807) is 0 Å². The fraction of sp³-hybridized carbons (Fsp3) is 0.333. The highest BCUT2D eigenvalue weighted by Gasteiger charge is 2.10. The van der Waals surface area contributed by atoms with Crippen molar-refractivity contribution >= 4 is 15.9 Å². The molecule has 0 amide bonds. The van der Waals surface area contributed by atoms with Crippen LogP contribution in [0.4, 0.5) is 0 Å². The molecule has 0 fully saturated rings. The van der Waals surface area contributed by atoms with E-state index in [0.717, 1.165) is 23.7 Å². The molecule has 0 aliphatic heterocycles. The Hall–Kier alpha value is -1.12. The van der Waals surface area contributed by atoms with Gasteiger partial charge in [0.2, 0.25) is 0 Å². The van der Waals surface area contributed by atoms with Crippen molar-refractivity contribution in [3.05, 3.63) is 69.7 Å². The Morgan fingerprint density at radius 1 is 0.950 bits per heavy atom. The highest BCUT2D eigenvalue weighted by molar-refractivity contribution is 9.10. The van der Waals surface area contributed by atoms with Gasteiger partial charge in [-0.25, -0.2) is 0 Å². The summed E-state index contributed by atoms with van der Waals surface area (Å²) >= 11 is 3.49. The fourth-order valence-corrected chi connectivity index (χ4v) is 2.89. The predicted molar refractivity (Wildman–Crippen MR) is 87.9 cm³/mol. The average molecular weight is 333 g/mol. The normalized spacial score (nSPS) is 12.3. The van der Waals surface area contributed by atoms with Crippen LogP contribution in [0.1, 0.15) is 23.6 Å². The Morgan fingerprint density at radius 2 is 1.60 bits per heavy atom. The Kier molecular flexibility index (Phi) is 5.81. The minimum atomic E-state index is 0.224. The molecule has 0 spiro atoms. The van der Waals surface area contributed by atoms with Crippen molar-refractivity contribution in [2.24, 2.45) is 5.92 Å². The molecule has 2 heteroatoms. The van der Waals surface area contributed by atoms with Crippen LogP contribution in [0.5, 0.6) is 0 Å². The van der Waals surface area contributed by atoms with E-state index in [1.807, 2.05) is 12.1 Å². The molecule has 0 saturated carbocycles. The van der Waals surface area contributed by atoms with Crippen molar-refractivity contribution in [1.82, 2.24) is 0 Å². The molecule has 2 aromatic rings. The maximum absolute atomic E-state index is 9.61. The van der Waals surface area contributed by atoms with Crippen LogP contribution in [-0.4, -0.2) is 11.7 Å². The van der Waals surface area contributed by atoms with Crippen molar-refractivity contribution in [2.45, 2.75) is 26.2 Å². The van der Waals surface area contributed by atoms with Crippen molar-refractivity contribution in [3.63, 3.8) is 0 Å². The highest BCUT2D eigenvalue weighted by atomic mass is 79.9. The first-order chi connectivity index (χ1) is 9.71. The summed E-state index contributed by atoms with van der Waals surface area (Å²) in [6, 6.07) is 17.1. The van der Waals surface area contributed by atoms with Gasteiger partial charge in [-0.1, -0.05) is 59.3 Å². The summed E-state index contributed by atoms with van der Waals surface area (Å²) in [5.74, 6) is 0.275. The Balaban J connectivity index is 2.01. The van der Waals surface area contributed by atoms with Crippen LogP contribution in [0.15, 0.2) is 53.0 Å². The Bertz CT molecular complexity index is 533. The molecular formula is C18H21BrO. The van der Waals surface area contributed by atoms with Crippen LogP contribution >= 0.6 is 15.9 Å². The SMILES string of the molecule is CCc1ccc(CC(CO)Cc2cccc(Br)c2)cc1. The van der Waals surface area contributed by atoms with E-state index in [-0.39, 0.29) is 12.5 Å². The van der Waals surface area contributed by atoms with Crippen LogP contribution in [0, 0.1) is 5.92 Å². The summed E-state index contributed by atoms with van der Waals surface area (Å²) in [5.41, 5.74) is 3.93. The minimum Gasteiger partial charge on any atom is -0.396 e. The van der Waals surface area contributed by atoms with E-state index in [4.69, 9.17) is 0 Å². The molecule has 0 aliphatic rings. The molecule has 20 heavy (non-hydrogen) atoms. The standard InChI is InChI=1S/C18H21BrO/c1-2-14-6-8-15(9-7-14)10-17(13-20)11-16-4-3-5-18(19)12-16/h3-9,12,17,20H,2,10-11,13H2,1H3. The monoisotopic (exact) mass is 332 g/mol. The van der Waals surface area contributed by atoms with Crippen molar-refractivity contribution in [1.29, 1.82) is 0 Å². The van der Waals surface area contributed by atoms with Gasteiger partial charge < -0.3 is 5.11 Å². The lowest BCUT2D eigenvalue weighted by Crippen LogP contribution is -2.13. The molecule has 0 radical (unpaired) electrons. The third kappa shape index (κ3) is 4.46. The highest BCUT2D eigenvalue weighted by Crippen LogP contribution is 2.18. The minimum absolute atomic E-state index is 0.224. The van der Waals surface area contributed by atoms with Crippen LogP contribution in [0.3, 0.4) is 0 Å². The van der Waals surface area contributed by atoms with Crippen LogP contribution in [0.25, 0.3) is 0 Å². The van der Waals surface area contributed by atoms with Gasteiger partial charge in [-0.3, -0.25) is 0 Å². The first kappa shape index (κ1) is 15.3. The second-order valence-corrected chi connectivity index (χ2v) is 6.17. The summed E-state index contributed by atoms with van der Waals surface area (Å²) in [6.07, 6.45) is 2.90. The zero-order chi connectivity index (χ0) is 14.4. The van der Waals surface area contributed by atoms with Gasteiger partial charge >= 0.3 is 0 Å². The lowest BCUT2D eigenvalue weighted by molar-refractivity contribution is 0.225. The number of hydrogen-bond donors (Lipinski definition) is 1. The molecule has 1 unspecified atom stereocenters. The van der Waals surface area contributed by atoms with E-state index >= 15 is 0 Å². The van der Waals surface area contributed by atoms with Gasteiger partial charge in [-0.2, -0.15) is 0 Å². The van der Waals surface area contributed by atoms with E-state index in [9.17, 15) is 5.11 Å². The number of aliphatic hydroxyl groups excluding tert-OH is 1. The van der Waals surface area contributed by atoms with Crippen molar-refractivity contribution in [2.75, 3.05) is 6.61 Å². The maximum atomic E-state index is 9.61. The summed E-state index contributed by atoms with van der Waals surface area (Å²) in [5, 5.41) is 9.61. The summed E-state index contributed by atoms with van der Waals surface area (Å²) in [7, 11) is 0. The predicted octanol–water partition coefficient (Wildman–Crippen LogP) is 4.41. The Morgan fingerprint density at radius 3 is 2.20 bits per heavy atom. The Labute approximate surface area is 129 Å². The summed E-state index contributed by atoms with van der Waals surface area (Å²) < 4.78 is 1.10. The first-order valence-corrected chi connectivity index (χ1v) is 7.93. The van der Waals surface area contributed by atoms with Crippen molar-refractivity contribution in [3.8, 4) is 0 Å². The largest absolute Gasteiger partial charge is 0.396 e. The number of hydrogen-bond acceptors (Lipinski definition) is 1. The first-order valence-electron chi connectivity index (χ1n) is 7.14. The molecule has 2 aromatic carbocycles. The topological polar surface area (TPSA) is 20.2 Å². The van der Waals surface area contributed by atoms with Crippen LogP contribution in [0.2, 0.25) is 0 Å². The van der Waals surface area contributed by atoms with E-state index in [0.29, 0.717) is 0 Å². The zero-order valence-electron chi connectivity index (χ0n) is 11.8. The van der Waals surface area contributed by atoms with Gasteiger partial charge in [0.1, 0.15) is 0 Å². The molecule has 1 atom stereocenters. The molecule has 0 aromatic heterocycles. The van der Waals surface area contributed by atoms with Crippen molar-refractivity contribution < 1.29 is 5.11 Å². The molecule has 0 bridgehead atoms. The average Bonchev–Trinajstić information content (AvgIpc) is 2.47. The smallest absolute Gasteiger partial charge is 0.0465 e. The summed E-state index contributed by atoms with van der Waals surface area (Å²) in [6.45, 7) is 2.39. The molecule has 0 heterocycles. The van der Waals surface area contributed by atoms with E-state index in [1.165, 1.54) is 16.7 Å². The van der Waals surface area contributed by atoms with E-state index in [2.05, 4.69) is 59.3 Å². The van der Waals surface area contributed by atoms with E-state index < -0.39 is 0 Å². The third-order valence-electron chi connectivity index (χ3n) is 3.63. The second-order valence-electron chi connectivity index (χ2n) is 5.26. The number of aliphatic hydroxyl groups is 1. The third-order valence-corrected chi connectivity index (χ3v) is 4.12. The maximum Gasteiger partial charge on any atom is 0.0465 e. The molecular weight excluding hydrogens is 312 g/mol. The molecule has 1 N–H and O–H groups in total. The van der Waals surface area contributed by atoms with Gasteiger partial charge in [0.05, 0.1) is 0 Å². The van der Waals surface area contributed by atoms with Gasteiger partial charge in [0.15, 0.2) is 0 Å². The lowest BCUT2D eigenvalue weighted by Gasteiger charge is -2.15. The number of halogens is 1. The quantitative estimate of drug-likeness (QED) is 0.830. The van der Waals surface area contributed by atoms with Crippen LogP contribution < -0.4 is 0 Å². The van der Waals surface area contributed by atoms with Gasteiger partial charge in [0, 0.05) is 11.1 Å². The van der Waals surface area contributed by atoms with Gasteiger partial charge in [-0.05, 0) is 54.0 Å². The molecule has 0 aliphatic carbocycles. The molecule has 1 nitrogen and oxygen atoms in total. The molecule has 2 rings (SSSR count). The molecule has 0 saturated heterocycles. The number of benzene rings is 2. The zero-order valence-corrected chi connectivity index (χ0v) is 13.4. The summed E-state index contributed by atoms with van der Waals surface area (Å²) in [4.78, 5) is 0. The lowest BCUT2D eigenvalue weighted by atomic mass is 9.93. The second kappa shape index (κ2) is 7.61. The fourth-order valence-electron chi connectivity index (χ4n) is 2.44. The number of rotatable bonds is 6. The number of aryl methyl sites for hydroxylation is 1. The van der Waals surface area contributed by atoms with Crippen LogP contribution in [-0.2, 0) is 19.3 Å².